The molecule has 0 saturated heterocycles. The Bertz CT molecular complexity index is 377. The molecule has 0 aliphatic heterocycles. The molecular weight excluding hydrogens is 256 g/mol. The Hall–Kier alpha value is -0.660. The smallest absolute Gasteiger partial charge is 0.304 e. The number of aliphatic carboxylic acids is 1. The van der Waals surface area contributed by atoms with Crippen molar-refractivity contribution in [3.63, 3.8) is 0 Å². The minimum absolute atomic E-state index is 0.0119. The normalized spacial score (nSPS) is 19.3. The molecule has 0 bridgehead atoms. The highest BCUT2D eigenvalue weighted by Gasteiger charge is 2.27. The van der Waals surface area contributed by atoms with E-state index in [0.717, 1.165) is 30.0 Å². The zero-order valence-corrected chi connectivity index (χ0v) is 11.7. The molecule has 0 radical (unpaired) electrons. The van der Waals surface area contributed by atoms with Crippen molar-refractivity contribution in [1.29, 1.82) is 0 Å². The lowest BCUT2D eigenvalue weighted by atomic mass is 10.0. The number of nitrogens with zero attached hydrogens (tertiary/aromatic N) is 1. The lowest BCUT2D eigenvalue weighted by molar-refractivity contribution is -0.137. The molecule has 0 heterocycles. The van der Waals surface area contributed by atoms with Gasteiger partial charge in [0.05, 0.1) is 6.42 Å². The van der Waals surface area contributed by atoms with Gasteiger partial charge in [-0.2, -0.15) is 17.4 Å². The molecule has 2 N–H and O–H groups in total. The molecule has 18 heavy (non-hydrogen) atoms. The zero-order valence-electron chi connectivity index (χ0n) is 10.9. The van der Waals surface area contributed by atoms with Crippen molar-refractivity contribution in [1.82, 2.24) is 9.03 Å². The molecule has 1 fully saturated rings. The highest BCUT2D eigenvalue weighted by molar-refractivity contribution is 7.87. The number of carbonyl (C=O) groups is 1. The number of carboxylic acids is 1. The number of nitrogens with one attached hydrogen (secondary N) is 1. The first-order valence-electron chi connectivity index (χ1n) is 6.28. The van der Waals surface area contributed by atoms with E-state index in [1.54, 1.807) is 0 Å². The average Bonchev–Trinajstić information content (AvgIpc) is 2.78. The van der Waals surface area contributed by atoms with Gasteiger partial charge in [-0.3, -0.25) is 4.79 Å². The fourth-order valence-electron chi connectivity index (χ4n) is 2.25. The van der Waals surface area contributed by atoms with Gasteiger partial charge in [0.15, 0.2) is 0 Å². The van der Waals surface area contributed by atoms with E-state index in [4.69, 9.17) is 5.11 Å². The number of rotatable bonds is 7. The molecular formula is C11H22N2O4S. The maximum atomic E-state index is 11.9. The predicted molar refractivity (Wildman–Crippen MR) is 68.4 cm³/mol. The lowest BCUT2D eigenvalue weighted by Crippen LogP contribution is -2.45. The summed E-state index contributed by atoms with van der Waals surface area (Å²) in [5, 5.41) is 8.54. The summed E-state index contributed by atoms with van der Waals surface area (Å²) in [6.45, 7) is 1.86. The van der Waals surface area contributed by atoms with E-state index in [0.29, 0.717) is 5.92 Å². The van der Waals surface area contributed by atoms with Crippen LogP contribution in [0.5, 0.6) is 0 Å². The molecule has 7 heteroatoms. The van der Waals surface area contributed by atoms with Crippen LogP contribution in [0, 0.1) is 5.92 Å². The van der Waals surface area contributed by atoms with E-state index in [-0.39, 0.29) is 19.0 Å². The minimum Gasteiger partial charge on any atom is -0.481 e. The molecule has 0 spiro atoms. The van der Waals surface area contributed by atoms with Gasteiger partial charge < -0.3 is 5.11 Å². The van der Waals surface area contributed by atoms with Crippen LogP contribution in [-0.4, -0.2) is 43.4 Å². The molecule has 0 unspecified atom stereocenters. The van der Waals surface area contributed by atoms with E-state index < -0.39 is 16.2 Å². The van der Waals surface area contributed by atoms with Gasteiger partial charge in [-0.1, -0.05) is 12.8 Å². The second kappa shape index (κ2) is 6.49. The van der Waals surface area contributed by atoms with Crippen molar-refractivity contribution in [3.05, 3.63) is 0 Å². The molecule has 0 aromatic rings. The maximum absolute atomic E-state index is 11.9. The van der Waals surface area contributed by atoms with E-state index in [9.17, 15) is 13.2 Å². The molecule has 0 aromatic carbocycles. The van der Waals surface area contributed by atoms with Crippen LogP contribution < -0.4 is 4.72 Å². The second-order valence-electron chi connectivity index (χ2n) is 4.92. The van der Waals surface area contributed by atoms with Gasteiger partial charge in [0.2, 0.25) is 0 Å². The second-order valence-corrected chi connectivity index (χ2v) is 6.73. The van der Waals surface area contributed by atoms with E-state index in [1.165, 1.54) is 7.05 Å². The summed E-state index contributed by atoms with van der Waals surface area (Å²) in [5.74, 6) is -0.603. The van der Waals surface area contributed by atoms with Crippen molar-refractivity contribution in [3.8, 4) is 0 Å². The van der Waals surface area contributed by atoms with Gasteiger partial charge in [0.25, 0.3) is 10.2 Å². The first-order valence-corrected chi connectivity index (χ1v) is 7.72. The molecule has 1 saturated carbocycles. The SMILES string of the molecule is C[C@@H](NS(=O)(=O)N(C)CCC(=O)O)C1CCCC1. The summed E-state index contributed by atoms with van der Waals surface area (Å²) in [6.07, 6.45) is 4.25. The third-order valence-electron chi connectivity index (χ3n) is 3.49. The Balaban J connectivity index is 2.49. The Kier molecular flexibility index (Phi) is 5.55. The van der Waals surface area contributed by atoms with Crippen molar-refractivity contribution < 1.29 is 18.3 Å². The van der Waals surface area contributed by atoms with Gasteiger partial charge in [0, 0.05) is 19.6 Å². The number of hydrogen-bond donors (Lipinski definition) is 2. The summed E-state index contributed by atoms with van der Waals surface area (Å²) >= 11 is 0. The third kappa shape index (κ3) is 4.55. The fourth-order valence-corrected chi connectivity index (χ4v) is 3.43. The maximum Gasteiger partial charge on any atom is 0.304 e. The molecule has 1 atom stereocenters. The van der Waals surface area contributed by atoms with Crippen LogP contribution in [0.25, 0.3) is 0 Å². The van der Waals surface area contributed by atoms with Gasteiger partial charge in [-0.25, -0.2) is 0 Å². The quantitative estimate of drug-likeness (QED) is 0.721. The third-order valence-corrected chi connectivity index (χ3v) is 5.17. The summed E-state index contributed by atoms with van der Waals surface area (Å²) in [4.78, 5) is 10.4. The van der Waals surface area contributed by atoms with Gasteiger partial charge in [0.1, 0.15) is 0 Å². The molecule has 0 aromatic heterocycles. The lowest BCUT2D eigenvalue weighted by Gasteiger charge is -2.24. The molecule has 1 rings (SSSR count). The van der Waals surface area contributed by atoms with Gasteiger partial charge in [-0.15, -0.1) is 0 Å². The van der Waals surface area contributed by atoms with Crippen LogP contribution in [0.15, 0.2) is 0 Å². The molecule has 1 aliphatic rings. The van der Waals surface area contributed by atoms with Crippen molar-refractivity contribution >= 4 is 16.2 Å². The Labute approximate surface area is 109 Å². The molecule has 1 aliphatic carbocycles. The summed E-state index contributed by atoms with van der Waals surface area (Å²) in [6, 6.07) is -0.0928. The monoisotopic (exact) mass is 278 g/mol. The first kappa shape index (κ1) is 15.4. The number of hydrogen-bond acceptors (Lipinski definition) is 3. The molecule has 0 amide bonds. The molecule has 6 nitrogen and oxygen atoms in total. The van der Waals surface area contributed by atoms with Crippen LogP contribution in [-0.2, 0) is 15.0 Å². The molecule has 106 valence electrons. The van der Waals surface area contributed by atoms with E-state index >= 15 is 0 Å². The average molecular weight is 278 g/mol. The summed E-state index contributed by atoms with van der Waals surface area (Å²) < 4.78 is 27.6. The van der Waals surface area contributed by atoms with Crippen molar-refractivity contribution in [2.24, 2.45) is 5.92 Å². The Morgan fingerprint density at radius 1 is 1.44 bits per heavy atom. The van der Waals surface area contributed by atoms with Gasteiger partial charge >= 0.3 is 5.97 Å². The zero-order chi connectivity index (χ0) is 13.8. The van der Waals surface area contributed by atoms with Crippen LogP contribution in [0.1, 0.15) is 39.0 Å². The van der Waals surface area contributed by atoms with Crippen LogP contribution in [0.3, 0.4) is 0 Å². The topological polar surface area (TPSA) is 86.7 Å². The van der Waals surface area contributed by atoms with Gasteiger partial charge in [-0.05, 0) is 25.7 Å². The van der Waals surface area contributed by atoms with E-state index in [2.05, 4.69) is 4.72 Å². The van der Waals surface area contributed by atoms with Crippen molar-refractivity contribution in [2.75, 3.05) is 13.6 Å². The Morgan fingerprint density at radius 2 is 2.00 bits per heavy atom. The predicted octanol–water partition coefficient (Wildman–Crippen LogP) is 0.806. The summed E-state index contributed by atoms with van der Waals surface area (Å²) in [7, 11) is -2.18. The standard InChI is InChI=1S/C11H22N2O4S/c1-9(10-5-3-4-6-10)12-18(16,17)13(2)8-7-11(14)15/h9-10,12H,3-8H2,1-2H3,(H,14,15)/t9-/m1/s1. The first-order chi connectivity index (χ1) is 8.33. The minimum atomic E-state index is -3.57. The van der Waals surface area contributed by atoms with Crippen LogP contribution in [0.4, 0.5) is 0 Å². The van der Waals surface area contributed by atoms with Crippen LogP contribution in [0.2, 0.25) is 0 Å². The highest BCUT2D eigenvalue weighted by atomic mass is 32.2. The highest BCUT2D eigenvalue weighted by Crippen LogP contribution is 2.27. The number of carboxylic acid groups (broad SMARTS) is 1. The summed E-state index contributed by atoms with van der Waals surface area (Å²) in [5.41, 5.74) is 0. The van der Waals surface area contributed by atoms with E-state index in [1.807, 2.05) is 6.92 Å². The Morgan fingerprint density at radius 3 is 2.50 bits per heavy atom. The van der Waals surface area contributed by atoms with Crippen molar-refractivity contribution in [2.45, 2.75) is 45.1 Å². The fraction of sp³-hybridized carbons (Fsp3) is 0.909. The largest absolute Gasteiger partial charge is 0.481 e. The van der Waals surface area contributed by atoms with Crippen LogP contribution >= 0.6 is 0 Å².